The Labute approximate surface area is 93.7 Å². The van der Waals surface area contributed by atoms with Crippen molar-refractivity contribution in [2.24, 2.45) is 5.73 Å². The maximum atomic E-state index is 10.8. The molecule has 1 heterocycles. The number of rotatable bonds is 4. The molecule has 0 radical (unpaired) electrons. The van der Waals surface area contributed by atoms with Crippen LogP contribution < -0.4 is 10.6 Å². The van der Waals surface area contributed by atoms with Crippen molar-refractivity contribution >= 4 is 11.7 Å². The van der Waals surface area contributed by atoms with Gasteiger partial charge >= 0.3 is 0 Å². The number of anilines is 1. The van der Waals surface area contributed by atoms with Crippen LogP contribution in [0.4, 0.5) is 5.82 Å². The first-order valence-corrected chi connectivity index (χ1v) is 4.79. The van der Waals surface area contributed by atoms with Gasteiger partial charge < -0.3 is 10.6 Å². The van der Waals surface area contributed by atoms with Crippen molar-refractivity contribution in [3.05, 3.63) is 17.8 Å². The Balaban J connectivity index is 2.82. The van der Waals surface area contributed by atoms with Crippen LogP contribution in [-0.2, 0) is 0 Å². The molecule has 0 aliphatic carbocycles. The number of nitrogens with zero attached hydrogens (tertiary/aromatic N) is 4. The highest BCUT2D eigenvalue weighted by molar-refractivity contribution is 5.90. The third-order valence-electron chi connectivity index (χ3n) is 2.31. The number of aromatic nitrogens is 2. The average molecular weight is 219 g/mol. The van der Waals surface area contributed by atoms with Crippen LogP contribution in [0, 0.1) is 11.3 Å². The molecule has 84 valence electrons. The molecule has 1 aromatic rings. The molecule has 0 fully saturated rings. The third-order valence-corrected chi connectivity index (χ3v) is 2.31. The van der Waals surface area contributed by atoms with Crippen molar-refractivity contribution in [2.45, 2.75) is 19.4 Å². The SMILES string of the molecule is CC(CC#N)N(C)c1ccc(C(N)=O)nn1. The van der Waals surface area contributed by atoms with E-state index in [1.807, 2.05) is 18.9 Å². The zero-order valence-electron chi connectivity index (χ0n) is 9.21. The zero-order valence-corrected chi connectivity index (χ0v) is 9.21. The van der Waals surface area contributed by atoms with Crippen molar-refractivity contribution < 1.29 is 4.79 Å². The fraction of sp³-hybridized carbons (Fsp3) is 0.400. The molecule has 1 unspecified atom stereocenters. The van der Waals surface area contributed by atoms with Gasteiger partial charge in [0.2, 0.25) is 0 Å². The molecule has 1 atom stereocenters. The quantitative estimate of drug-likeness (QED) is 0.786. The Morgan fingerprint density at radius 1 is 1.62 bits per heavy atom. The number of carbonyl (C=O) groups is 1. The molecular formula is C10H13N5O. The molecule has 1 rings (SSSR count). The molecular weight excluding hydrogens is 206 g/mol. The number of amides is 1. The smallest absolute Gasteiger partial charge is 0.269 e. The summed E-state index contributed by atoms with van der Waals surface area (Å²) in [6.07, 6.45) is 0.399. The first-order chi connectivity index (χ1) is 7.56. The maximum Gasteiger partial charge on any atom is 0.269 e. The molecule has 1 aromatic heterocycles. The van der Waals surface area contributed by atoms with Gasteiger partial charge in [0.05, 0.1) is 12.5 Å². The summed E-state index contributed by atoms with van der Waals surface area (Å²) >= 11 is 0. The van der Waals surface area contributed by atoms with Crippen molar-refractivity contribution in [2.75, 3.05) is 11.9 Å². The predicted molar refractivity (Wildman–Crippen MR) is 58.6 cm³/mol. The number of carbonyl (C=O) groups excluding carboxylic acids is 1. The molecule has 16 heavy (non-hydrogen) atoms. The van der Waals surface area contributed by atoms with E-state index in [1.54, 1.807) is 6.07 Å². The van der Waals surface area contributed by atoms with E-state index < -0.39 is 5.91 Å². The second kappa shape index (κ2) is 5.07. The van der Waals surface area contributed by atoms with Crippen LogP contribution in [-0.4, -0.2) is 29.2 Å². The van der Waals surface area contributed by atoms with Gasteiger partial charge in [0, 0.05) is 13.1 Å². The fourth-order valence-corrected chi connectivity index (χ4v) is 1.14. The number of nitrogens with two attached hydrogens (primary N) is 1. The topological polar surface area (TPSA) is 95.9 Å². The second-order valence-electron chi connectivity index (χ2n) is 3.46. The molecule has 2 N–H and O–H groups in total. The van der Waals surface area contributed by atoms with Crippen LogP contribution in [0.25, 0.3) is 0 Å². The van der Waals surface area contributed by atoms with E-state index in [9.17, 15) is 4.79 Å². The number of hydrogen-bond donors (Lipinski definition) is 1. The van der Waals surface area contributed by atoms with E-state index in [1.165, 1.54) is 6.07 Å². The van der Waals surface area contributed by atoms with Gasteiger partial charge in [0.25, 0.3) is 5.91 Å². The molecule has 0 aliphatic heterocycles. The lowest BCUT2D eigenvalue weighted by atomic mass is 10.2. The summed E-state index contributed by atoms with van der Waals surface area (Å²) in [5, 5.41) is 16.1. The molecule has 0 spiro atoms. The van der Waals surface area contributed by atoms with Gasteiger partial charge in [0.1, 0.15) is 0 Å². The van der Waals surface area contributed by atoms with Gasteiger partial charge in [-0.3, -0.25) is 4.79 Å². The Bertz CT molecular complexity index is 408. The van der Waals surface area contributed by atoms with Crippen molar-refractivity contribution in [1.82, 2.24) is 10.2 Å². The zero-order chi connectivity index (χ0) is 12.1. The first-order valence-electron chi connectivity index (χ1n) is 4.79. The van der Waals surface area contributed by atoms with Crippen LogP contribution >= 0.6 is 0 Å². The molecule has 0 aromatic carbocycles. The minimum Gasteiger partial charge on any atom is -0.364 e. The van der Waals surface area contributed by atoms with Crippen LogP contribution in [0.1, 0.15) is 23.8 Å². The Hall–Kier alpha value is -2.16. The molecule has 6 heteroatoms. The highest BCUT2D eigenvalue weighted by Gasteiger charge is 2.12. The maximum absolute atomic E-state index is 10.8. The van der Waals surface area contributed by atoms with Crippen molar-refractivity contribution in [3.8, 4) is 6.07 Å². The highest BCUT2D eigenvalue weighted by atomic mass is 16.1. The predicted octanol–water partition coefficient (Wildman–Crippen LogP) is 0.314. The lowest BCUT2D eigenvalue weighted by Crippen LogP contribution is -2.29. The minimum absolute atomic E-state index is 0.0405. The van der Waals surface area contributed by atoms with E-state index in [2.05, 4.69) is 16.3 Å². The van der Waals surface area contributed by atoms with Crippen LogP contribution in [0.2, 0.25) is 0 Å². The van der Waals surface area contributed by atoms with Gasteiger partial charge in [-0.25, -0.2) is 0 Å². The summed E-state index contributed by atoms with van der Waals surface area (Å²) < 4.78 is 0. The van der Waals surface area contributed by atoms with Gasteiger partial charge in [0.15, 0.2) is 11.5 Å². The third kappa shape index (κ3) is 2.67. The average Bonchev–Trinajstić information content (AvgIpc) is 2.28. The van der Waals surface area contributed by atoms with Crippen molar-refractivity contribution in [3.63, 3.8) is 0 Å². The number of nitriles is 1. The Morgan fingerprint density at radius 3 is 2.75 bits per heavy atom. The van der Waals surface area contributed by atoms with Crippen molar-refractivity contribution in [1.29, 1.82) is 5.26 Å². The molecule has 0 aliphatic rings. The van der Waals surface area contributed by atoms with E-state index in [-0.39, 0.29) is 11.7 Å². The summed E-state index contributed by atoms with van der Waals surface area (Å²) in [7, 11) is 1.82. The lowest BCUT2D eigenvalue weighted by molar-refractivity contribution is 0.0994. The van der Waals surface area contributed by atoms with E-state index in [4.69, 9.17) is 11.0 Å². The van der Waals surface area contributed by atoms with Crippen LogP contribution in [0.5, 0.6) is 0 Å². The molecule has 1 amide bonds. The van der Waals surface area contributed by atoms with E-state index in [0.717, 1.165) is 0 Å². The van der Waals surface area contributed by atoms with Gasteiger partial charge in [-0.2, -0.15) is 5.26 Å². The number of hydrogen-bond acceptors (Lipinski definition) is 5. The van der Waals surface area contributed by atoms with Gasteiger partial charge in [-0.05, 0) is 19.1 Å². The van der Waals surface area contributed by atoms with E-state index in [0.29, 0.717) is 12.2 Å². The van der Waals surface area contributed by atoms with E-state index >= 15 is 0 Å². The lowest BCUT2D eigenvalue weighted by Gasteiger charge is -2.23. The summed E-state index contributed by atoms with van der Waals surface area (Å²) in [4.78, 5) is 12.6. The summed E-state index contributed by atoms with van der Waals surface area (Å²) in [5.74, 6) is -0.000439. The standard InChI is InChI=1S/C10H13N5O/c1-7(5-6-11)15(2)9-4-3-8(10(12)16)13-14-9/h3-4,7H,5H2,1-2H3,(H2,12,16). The Morgan fingerprint density at radius 2 is 2.31 bits per heavy atom. The second-order valence-corrected chi connectivity index (χ2v) is 3.46. The van der Waals surface area contributed by atoms with Gasteiger partial charge in [-0.15, -0.1) is 10.2 Å². The van der Waals surface area contributed by atoms with Crippen LogP contribution in [0.3, 0.4) is 0 Å². The fourth-order valence-electron chi connectivity index (χ4n) is 1.14. The summed E-state index contributed by atoms with van der Waals surface area (Å²) in [6, 6.07) is 5.29. The Kier molecular flexibility index (Phi) is 3.78. The first kappa shape index (κ1) is 11.9. The number of primary amides is 1. The normalized spacial score (nSPS) is 11.6. The monoisotopic (exact) mass is 219 g/mol. The van der Waals surface area contributed by atoms with Gasteiger partial charge in [-0.1, -0.05) is 0 Å². The highest BCUT2D eigenvalue weighted by Crippen LogP contribution is 2.12. The van der Waals surface area contributed by atoms with Crippen LogP contribution in [0.15, 0.2) is 12.1 Å². The molecule has 0 bridgehead atoms. The summed E-state index contributed by atoms with van der Waals surface area (Å²) in [5.41, 5.74) is 5.18. The summed E-state index contributed by atoms with van der Waals surface area (Å²) in [6.45, 7) is 1.91. The molecule has 6 nitrogen and oxygen atoms in total. The largest absolute Gasteiger partial charge is 0.364 e. The molecule has 0 saturated heterocycles. The molecule has 0 saturated carbocycles. The minimum atomic E-state index is -0.605.